The number of aromatic nitrogens is 2. The Balaban J connectivity index is 1.87. The van der Waals surface area contributed by atoms with Crippen LogP contribution in [0.1, 0.15) is 36.9 Å². The number of nitrogens with zero attached hydrogens (tertiary/aromatic N) is 2. The molecule has 10 heteroatoms. The highest BCUT2D eigenvalue weighted by Crippen LogP contribution is 2.43. The summed E-state index contributed by atoms with van der Waals surface area (Å²) in [5.41, 5.74) is 7.43. The average molecular weight is 476 g/mol. The smallest absolute Gasteiger partial charge is 0.319 e. The zero-order chi connectivity index (χ0) is 19.8. The van der Waals surface area contributed by atoms with E-state index in [9.17, 15) is 8.78 Å². The highest BCUT2D eigenvalue weighted by Gasteiger charge is 2.34. The molecule has 4 heterocycles. The third-order valence-electron chi connectivity index (χ3n) is 4.76. The van der Waals surface area contributed by atoms with Crippen LogP contribution in [0.25, 0.3) is 11.0 Å². The van der Waals surface area contributed by atoms with Crippen LogP contribution in [-0.2, 0) is 11.3 Å². The number of hydrogen-bond acceptors (Lipinski definition) is 5. The van der Waals surface area contributed by atoms with Crippen molar-refractivity contribution in [2.24, 2.45) is 5.73 Å². The molecule has 0 amide bonds. The van der Waals surface area contributed by atoms with Gasteiger partial charge in [0.05, 0.1) is 34.2 Å². The summed E-state index contributed by atoms with van der Waals surface area (Å²) in [6.45, 7) is -2.04. The Morgan fingerprint density at radius 3 is 2.96 bits per heavy atom. The van der Waals surface area contributed by atoms with E-state index in [1.165, 1.54) is 6.07 Å². The monoisotopic (exact) mass is 474 g/mol. The number of anilines is 1. The first-order valence-electron chi connectivity index (χ1n) is 8.78. The first kappa shape index (κ1) is 19.6. The molecule has 0 spiro atoms. The summed E-state index contributed by atoms with van der Waals surface area (Å²) in [5, 5.41) is 3.30. The number of fused-ring (bicyclic) bond motifs is 1. The quantitative estimate of drug-likeness (QED) is 0.494. The molecule has 0 saturated carbocycles. The van der Waals surface area contributed by atoms with Crippen molar-refractivity contribution in [3.05, 3.63) is 45.5 Å². The Kier molecular flexibility index (Phi) is 5.59. The zero-order valence-corrected chi connectivity index (χ0v) is 17.0. The molecule has 4 rings (SSSR count). The van der Waals surface area contributed by atoms with E-state index >= 15 is 0 Å². The minimum atomic E-state index is -2.81. The number of ether oxygens (including phenoxy) is 1. The van der Waals surface area contributed by atoms with Crippen LogP contribution in [0.5, 0.6) is 0 Å². The molecule has 1 aliphatic heterocycles. The molecule has 0 bridgehead atoms. The SMILES string of the molecule is N[C@H]1CCCO[C@@H]1c1c(Br)c2nc(Cl)cc(NCc3ccco3)c2n1C(F)F. The summed E-state index contributed by atoms with van der Waals surface area (Å²) in [4.78, 5) is 4.27. The van der Waals surface area contributed by atoms with E-state index in [0.717, 1.165) is 11.0 Å². The fraction of sp³-hybridized carbons (Fsp3) is 0.389. The van der Waals surface area contributed by atoms with E-state index in [2.05, 4.69) is 26.2 Å². The second-order valence-corrected chi connectivity index (χ2v) is 7.75. The summed E-state index contributed by atoms with van der Waals surface area (Å²) in [5.74, 6) is 0.660. The molecule has 3 aromatic rings. The molecule has 0 aromatic carbocycles. The third kappa shape index (κ3) is 3.52. The number of furan rings is 1. The Bertz CT molecular complexity index is 980. The van der Waals surface area contributed by atoms with Gasteiger partial charge in [-0.25, -0.2) is 4.98 Å². The maximum atomic E-state index is 14.2. The average Bonchev–Trinajstić information content (AvgIpc) is 3.27. The zero-order valence-electron chi connectivity index (χ0n) is 14.7. The van der Waals surface area contributed by atoms with Crippen molar-refractivity contribution < 1.29 is 17.9 Å². The van der Waals surface area contributed by atoms with Crippen LogP contribution < -0.4 is 11.1 Å². The molecule has 1 aliphatic rings. The molecule has 3 N–H and O–H groups in total. The van der Waals surface area contributed by atoms with Gasteiger partial charge in [-0.1, -0.05) is 11.6 Å². The fourth-order valence-corrected chi connectivity index (χ4v) is 4.42. The van der Waals surface area contributed by atoms with Crippen LogP contribution in [0.3, 0.4) is 0 Å². The highest BCUT2D eigenvalue weighted by molar-refractivity contribution is 9.10. The Morgan fingerprint density at radius 2 is 2.29 bits per heavy atom. The molecule has 6 nitrogen and oxygen atoms in total. The van der Waals surface area contributed by atoms with Crippen LogP contribution in [-0.4, -0.2) is 22.2 Å². The lowest BCUT2D eigenvalue weighted by molar-refractivity contribution is -0.0146. The normalized spacial score (nSPS) is 20.2. The minimum Gasteiger partial charge on any atom is -0.467 e. The van der Waals surface area contributed by atoms with Crippen molar-refractivity contribution in [3.8, 4) is 0 Å². The van der Waals surface area contributed by atoms with Gasteiger partial charge in [0.25, 0.3) is 0 Å². The standard InChI is InChI=1S/C18H18BrClF2N4O2/c19-13-14-15(11(7-12(20)25-14)24-8-9-3-1-5-27-9)26(18(21)22)16(13)17-10(23)4-2-6-28-17/h1,3,5,7,10,17-18H,2,4,6,8,23H2,(H,24,25)/t10-,17-/m0/s1. The highest BCUT2D eigenvalue weighted by atomic mass is 79.9. The predicted octanol–water partition coefficient (Wildman–Crippen LogP) is 5.23. The van der Waals surface area contributed by atoms with E-state index in [4.69, 9.17) is 26.5 Å². The molecule has 2 atom stereocenters. The topological polar surface area (TPSA) is 78.2 Å². The number of alkyl halides is 2. The van der Waals surface area contributed by atoms with Crippen molar-refractivity contribution >= 4 is 44.3 Å². The second kappa shape index (κ2) is 7.98. The van der Waals surface area contributed by atoms with Crippen molar-refractivity contribution in [2.75, 3.05) is 11.9 Å². The van der Waals surface area contributed by atoms with E-state index < -0.39 is 12.7 Å². The van der Waals surface area contributed by atoms with Crippen LogP contribution >= 0.6 is 27.5 Å². The van der Waals surface area contributed by atoms with Gasteiger partial charge in [0.15, 0.2) is 0 Å². The van der Waals surface area contributed by atoms with Crippen molar-refractivity contribution in [1.82, 2.24) is 9.55 Å². The molecule has 3 aromatic heterocycles. The summed E-state index contributed by atoms with van der Waals surface area (Å²) in [6.07, 6.45) is 2.37. The minimum absolute atomic E-state index is 0.182. The summed E-state index contributed by atoms with van der Waals surface area (Å²) in [7, 11) is 0. The van der Waals surface area contributed by atoms with Gasteiger partial charge in [0, 0.05) is 18.7 Å². The Labute approximate surface area is 173 Å². The van der Waals surface area contributed by atoms with Gasteiger partial charge in [0.2, 0.25) is 0 Å². The van der Waals surface area contributed by atoms with Gasteiger partial charge in [-0.05, 0) is 40.9 Å². The molecule has 1 fully saturated rings. The van der Waals surface area contributed by atoms with Crippen molar-refractivity contribution in [1.29, 1.82) is 0 Å². The Hall–Kier alpha value is -1.68. The lowest BCUT2D eigenvalue weighted by atomic mass is 10.0. The molecule has 28 heavy (non-hydrogen) atoms. The van der Waals surface area contributed by atoms with Gasteiger partial charge in [-0.2, -0.15) is 8.78 Å². The maximum absolute atomic E-state index is 14.2. The maximum Gasteiger partial charge on any atom is 0.319 e. The van der Waals surface area contributed by atoms with Gasteiger partial charge in [0.1, 0.15) is 22.5 Å². The molecule has 0 aliphatic carbocycles. The van der Waals surface area contributed by atoms with Gasteiger partial charge >= 0.3 is 6.55 Å². The summed E-state index contributed by atoms with van der Waals surface area (Å²) in [6, 6.07) is 4.67. The van der Waals surface area contributed by atoms with E-state index in [1.54, 1.807) is 18.4 Å². The van der Waals surface area contributed by atoms with Crippen molar-refractivity contribution in [3.63, 3.8) is 0 Å². The number of hydrogen-bond donors (Lipinski definition) is 2. The van der Waals surface area contributed by atoms with Gasteiger partial charge < -0.3 is 20.2 Å². The fourth-order valence-electron chi connectivity index (χ4n) is 3.53. The Morgan fingerprint density at radius 1 is 1.46 bits per heavy atom. The lowest BCUT2D eigenvalue weighted by Crippen LogP contribution is -2.36. The first-order valence-corrected chi connectivity index (χ1v) is 9.96. The number of halogens is 4. The van der Waals surface area contributed by atoms with E-state index in [1.807, 2.05) is 0 Å². The number of nitrogens with two attached hydrogens (primary N) is 1. The van der Waals surface area contributed by atoms with Crippen molar-refractivity contribution in [2.45, 2.75) is 38.1 Å². The lowest BCUT2D eigenvalue weighted by Gasteiger charge is -2.30. The number of pyridine rings is 1. The van der Waals surface area contributed by atoms with Crippen LogP contribution in [0.15, 0.2) is 33.4 Å². The van der Waals surface area contributed by atoms with Crippen LogP contribution in [0.4, 0.5) is 14.5 Å². The second-order valence-electron chi connectivity index (χ2n) is 6.57. The first-order chi connectivity index (χ1) is 13.5. The molecule has 0 radical (unpaired) electrons. The van der Waals surface area contributed by atoms with E-state index in [0.29, 0.717) is 41.0 Å². The molecular formula is C18H18BrClF2N4O2. The predicted molar refractivity (Wildman–Crippen MR) is 106 cm³/mol. The van der Waals surface area contributed by atoms with Gasteiger partial charge in [-0.3, -0.25) is 4.57 Å². The van der Waals surface area contributed by atoms with Gasteiger partial charge in [-0.15, -0.1) is 0 Å². The van der Waals surface area contributed by atoms with E-state index in [-0.39, 0.29) is 22.4 Å². The number of rotatable bonds is 5. The third-order valence-corrected chi connectivity index (χ3v) is 5.74. The molecular weight excluding hydrogens is 458 g/mol. The largest absolute Gasteiger partial charge is 0.467 e. The summed E-state index contributed by atoms with van der Waals surface area (Å²) >= 11 is 9.60. The van der Waals surface area contributed by atoms with Crippen LogP contribution in [0, 0.1) is 0 Å². The molecule has 0 unspecified atom stereocenters. The summed E-state index contributed by atoms with van der Waals surface area (Å²) < 4.78 is 40.8. The molecule has 150 valence electrons. The molecule has 1 saturated heterocycles. The van der Waals surface area contributed by atoms with Crippen LogP contribution in [0.2, 0.25) is 5.15 Å². The number of nitrogens with one attached hydrogen (secondary N) is 1.